The molecule has 0 fully saturated rings. The molecular formula is C23H22ClN5OS. The maximum absolute atomic E-state index is 12.9. The van der Waals surface area contributed by atoms with Crippen LogP contribution in [0.1, 0.15) is 46.9 Å². The lowest BCUT2D eigenvalue weighted by molar-refractivity contribution is 0.102. The van der Waals surface area contributed by atoms with E-state index in [0.717, 1.165) is 16.1 Å². The van der Waals surface area contributed by atoms with Crippen molar-refractivity contribution >= 4 is 34.0 Å². The van der Waals surface area contributed by atoms with Crippen LogP contribution in [0.25, 0.3) is 10.6 Å². The largest absolute Gasteiger partial charge is 0.296 e. The zero-order chi connectivity index (χ0) is 22.0. The molecule has 4 aromatic rings. The first-order valence-corrected chi connectivity index (χ1v) is 11.1. The minimum absolute atomic E-state index is 0.299. The van der Waals surface area contributed by atoms with Gasteiger partial charge in [0.15, 0.2) is 0 Å². The highest BCUT2D eigenvalue weighted by Crippen LogP contribution is 2.29. The van der Waals surface area contributed by atoms with Gasteiger partial charge in [-0.1, -0.05) is 91.4 Å². The summed E-state index contributed by atoms with van der Waals surface area (Å²) in [5, 5.41) is 17.0. The molecule has 0 saturated carbocycles. The highest BCUT2D eigenvalue weighted by molar-refractivity contribution is 7.18. The molecule has 0 aliphatic carbocycles. The number of nitrogens with one attached hydrogen (secondary N) is 1. The SMILES string of the molecule is Cc1nn(Cc2ccccc2)c(Cl)c1C(=O)Nc1nnc(-c2ccc(C(C)C)cc2)s1. The lowest BCUT2D eigenvalue weighted by Gasteiger charge is -2.05. The lowest BCUT2D eigenvalue weighted by atomic mass is 10.0. The second kappa shape index (κ2) is 8.99. The number of hydrogen-bond donors (Lipinski definition) is 1. The van der Waals surface area contributed by atoms with Crippen molar-refractivity contribution < 1.29 is 4.79 Å². The normalized spacial score (nSPS) is 11.1. The molecule has 2 aromatic heterocycles. The Morgan fingerprint density at radius 1 is 1.10 bits per heavy atom. The van der Waals surface area contributed by atoms with Gasteiger partial charge >= 0.3 is 0 Å². The average molecular weight is 452 g/mol. The smallest absolute Gasteiger partial charge is 0.262 e. The third kappa shape index (κ3) is 4.68. The number of carbonyl (C=O) groups is 1. The standard InChI is InChI=1S/C23H22ClN5OS/c1-14(2)17-9-11-18(12-10-17)22-26-27-23(31-22)25-21(30)19-15(3)28-29(20(19)24)13-16-7-5-4-6-8-16/h4-12,14H,13H2,1-3H3,(H,25,27,30). The quantitative estimate of drug-likeness (QED) is 0.402. The number of halogens is 1. The molecule has 2 heterocycles. The van der Waals surface area contributed by atoms with Gasteiger partial charge < -0.3 is 0 Å². The lowest BCUT2D eigenvalue weighted by Crippen LogP contribution is -2.13. The fourth-order valence-corrected chi connectivity index (χ4v) is 4.30. The van der Waals surface area contributed by atoms with Crippen LogP contribution in [0, 0.1) is 6.92 Å². The van der Waals surface area contributed by atoms with Crippen molar-refractivity contribution in [3.8, 4) is 10.6 Å². The number of anilines is 1. The van der Waals surface area contributed by atoms with Crippen LogP contribution in [-0.4, -0.2) is 25.9 Å². The van der Waals surface area contributed by atoms with Gasteiger partial charge in [0.25, 0.3) is 5.91 Å². The van der Waals surface area contributed by atoms with Gasteiger partial charge in [-0.2, -0.15) is 5.10 Å². The highest BCUT2D eigenvalue weighted by Gasteiger charge is 2.22. The Balaban J connectivity index is 1.50. The van der Waals surface area contributed by atoms with Crippen molar-refractivity contribution in [2.24, 2.45) is 0 Å². The highest BCUT2D eigenvalue weighted by atomic mass is 35.5. The summed E-state index contributed by atoms with van der Waals surface area (Å²) in [6.45, 7) is 6.57. The summed E-state index contributed by atoms with van der Waals surface area (Å²) in [7, 11) is 0. The van der Waals surface area contributed by atoms with Gasteiger partial charge in [0.2, 0.25) is 5.13 Å². The minimum Gasteiger partial charge on any atom is -0.296 e. The van der Waals surface area contributed by atoms with Gasteiger partial charge in [0.05, 0.1) is 17.8 Å². The summed E-state index contributed by atoms with van der Waals surface area (Å²) in [4.78, 5) is 12.9. The van der Waals surface area contributed by atoms with E-state index in [1.54, 1.807) is 11.6 Å². The Morgan fingerprint density at radius 2 is 1.81 bits per heavy atom. The van der Waals surface area contributed by atoms with E-state index in [2.05, 4.69) is 46.6 Å². The molecule has 0 aliphatic heterocycles. The van der Waals surface area contributed by atoms with E-state index < -0.39 is 0 Å². The second-order valence-corrected chi connectivity index (χ2v) is 8.87. The number of benzene rings is 2. The summed E-state index contributed by atoms with van der Waals surface area (Å²) in [5.74, 6) is 0.119. The van der Waals surface area contributed by atoms with Crippen molar-refractivity contribution in [1.29, 1.82) is 0 Å². The molecule has 1 amide bonds. The number of carbonyl (C=O) groups excluding carboxylic acids is 1. The fourth-order valence-electron chi connectivity index (χ4n) is 3.23. The van der Waals surface area contributed by atoms with Crippen molar-refractivity contribution in [2.75, 3.05) is 5.32 Å². The Hall–Kier alpha value is -3.03. The molecule has 0 unspecified atom stereocenters. The first kappa shape index (κ1) is 21.2. The molecule has 0 radical (unpaired) electrons. The van der Waals surface area contributed by atoms with Crippen molar-refractivity contribution in [3.63, 3.8) is 0 Å². The minimum atomic E-state index is -0.348. The zero-order valence-corrected chi connectivity index (χ0v) is 19.0. The number of hydrogen-bond acceptors (Lipinski definition) is 5. The van der Waals surface area contributed by atoms with Crippen LogP contribution in [0.4, 0.5) is 5.13 Å². The molecule has 0 bridgehead atoms. The predicted octanol–water partition coefficient (Wildman–Crippen LogP) is 5.79. The maximum atomic E-state index is 12.9. The Morgan fingerprint density at radius 3 is 2.48 bits per heavy atom. The first-order valence-electron chi connectivity index (χ1n) is 9.94. The summed E-state index contributed by atoms with van der Waals surface area (Å²) >= 11 is 7.81. The molecular weight excluding hydrogens is 430 g/mol. The van der Waals surface area contributed by atoms with Crippen LogP contribution in [0.15, 0.2) is 54.6 Å². The van der Waals surface area contributed by atoms with Crippen molar-refractivity contribution in [3.05, 3.63) is 82.1 Å². The van der Waals surface area contributed by atoms with E-state index in [-0.39, 0.29) is 5.91 Å². The summed E-state index contributed by atoms with van der Waals surface area (Å²) in [6.07, 6.45) is 0. The summed E-state index contributed by atoms with van der Waals surface area (Å²) < 4.78 is 1.63. The number of amides is 1. The summed E-state index contributed by atoms with van der Waals surface area (Å²) in [6, 6.07) is 18.1. The Kier molecular flexibility index (Phi) is 6.15. The molecule has 158 valence electrons. The molecule has 0 aliphatic rings. The monoisotopic (exact) mass is 451 g/mol. The van der Waals surface area contributed by atoms with E-state index in [1.165, 1.54) is 16.9 Å². The average Bonchev–Trinajstić information content (AvgIpc) is 3.33. The van der Waals surface area contributed by atoms with Crippen LogP contribution in [-0.2, 0) is 6.54 Å². The van der Waals surface area contributed by atoms with Crippen LogP contribution >= 0.6 is 22.9 Å². The van der Waals surface area contributed by atoms with E-state index in [0.29, 0.717) is 34.0 Å². The Bertz CT molecular complexity index is 1200. The molecule has 31 heavy (non-hydrogen) atoms. The number of nitrogens with zero attached hydrogens (tertiary/aromatic N) is 4. The topological polar surface area (TPSA) is 72.7 Å². The van der Waals surface area contributed by atoms with E-state index in [4.69, 9.17) is 11.6 Å². The van der Waals surface area contributed by atoms with Gasteiger partial charge in [0, 0.05) is 5.56 Å². The maximum Gasteiger partial charge on any atom is 0.262 e. The van der Waals surface area contributed by atoms with Crippen molar-refractivity contribution in [2.45, 2.75) is 33.2 Å². The van der Waals surface area contributed by atoms with E-state index in [1.807, 2.05) is 42.5 Å². The van der Waals surface area contributed by atoms with E-state index in [9.17, 15) is 4.79 Å². The van der Waals surface area contributed by atoms with Gasteiger partial charge in [-0.25, -0.2) is 4.68 Å². The molecule has 1 N–H and O–H groups in total. The number of rotatable bonds is 6. The molecule has 8 heteroatoms. The number of aryl methyl sites for hydroxylation is 1. The van der Waals surface area contributed by atoms with Crippen LogP contribution in [0.2, 0.25) is 5.15 Å². The first-order chi connectivity index (χ1) is 14.9. The molecule has 6 nitrogen and oxygen atoms in total. The third-order valence-corrected chi connectivity index (χ3v) is 6.21. The zero-order valence-electron chi connectivity index (χ0n) is 17.5. The van der Waals surface area contributed by atoms with E-state index >= 15 is 0 Å². The molecule has 0 atom stereocenters. The number of aromatic nitrogens is 4. The second-order valence-electron chi connectivity index (χ2n) is 7.54. The van der Waals surface area contributed by atoms with Gasteiger partial charge in [-0.05, 0) is 24.0 Å². The third-order valence-electron chi connectivity index (χ3n) is 4.94. The predicted molar refractivity (Wildman–Crippen MR) is 125 cm³/mol. The molecule has 0 spiro atoms. The van der Waals surface area contributed by atoms with Gasteiger partial charge in [-0.3, -0.25) is 10.1 Å². The van der Waals surface area contributed by atoms with Crippen LogP contribution in [0.3, 0.4) is 0 Å². The molecule has 2 aromatic carbocycles. The fraction of sp³-hybridized carbons (Fsp3) is 0.217. The van der Waals surface area contributed by atoms with Crippen LogP contribution < -0.4 is 5.32 Å². The molecule has 0 saturated heterocycles. The summed E-state index contributed by atoms with van der Waals surface area (Å²) in [5.41, 5.74) is 4.19. The van der Waals surface area contributed by atoms with Crippen molar-refractivity contribution in [1.82, 2.24) is 20.0 Å². The Labute approximate surface area is 189 Å². The van der Waals surface area contributed by atoms with Gasteiger partial charge in [-0.15, -0.1) is 10.2 Å². The van der Waals surface area contributed by atoms with Crippen LogP contribution in [0.5, 0.6) is 0 Å². The van der Waals surface area contributed by atoms with Gasteiger partial charge in [0.1, 0.15) is 10.2 Å². The molecule has 4 rings (SSSR count).